The van der Waals surface area contributed by atoms with Gasteiger partial charge in [-0.05, 0) is 0 Å². The smallest absolute Gasteiger partial charge is 0.450 e. The lowest BCUT2D eigenvalue weighted by atomic mass is 10.6. The Hall–Kier alpha value is -1.27. The molecule has 0 amide bonds. The van der Waals surface area contributed by atoms with E-state index in [1.165, 1.54) is 0 Å². The van der Waals surface area contributed by atoms with Crippen molar-refractivity contribution in [2.75, 3.05) is 0 Å². The minimum atomic E-state index is -4.86. The Morgan fingerprint density at radius 2 is 1.36 bits per heavy atom. The molecule has 0 aliphatic heterocycles. The van der Waals surface area contributed by atoms with Crippen LogP contribution in [0.5, 0.6) is 0 Å². The van der Waals surface area contributed by atoms with Gasteiger partial charge in [0.25, 0.3) is 0 Å². The minimum absolute atomic E-state index is 1.83. The first-order chi connectivity index (χ1) is 4.68. The van der Waals surface area contributed by atoms with E-state index in [1.54, 1.807) is 0 Å². The second-order valence-corrected chi connectivity index (χ2v) is 1.19. The zero-order chi connectivity index (χ0) is 9.65. The summed E-state index contributed by atoms with van der Waals surface area (Å²) in [5.74, 6) is -2.26. The average Bonchev–Trinajstić information content (AvgIpc) is 1.59. The van der Waals surface area contributed by atoms with Crippen molar-refractivity contribution in [3.63, 3.8) is 0 Å². The number of carboxylic acid groups (broad SMARTS) is 2. The molecule has 0 heterocycles. The summed E-state index contributed by atoms with van der Waals surface area (Å²) in [5, 5.41) is 13.9. The highest BCUT2D eigenvalue weighted by atomic mass is 19.4. The third-order valence-electron chi connectivity index (χ3n) is 0.308. The number of hydrogen-bond donors (Lipinski definition) is 2. The molecule has 2 N–H and O–H groups in total. The van der Waals surface area contributed by atoms with Crippen LogP contribution in [-0.4, -0.2) is 22.5 Å². The number of alkyl halides is 3. The molecular formula is C4H4F4O3. The highest BCUT2D eigenvalue weighted by Crippen LogP contribution is 2.23. The highest BCUT2D eigenvalue weighted by Gasteiger charge is 2.32. The number of allylic oxidation sites excluding steroid dienone is 1. The predicted molar refractivity (Wildman–Crippen MR) is 27.0 cm³/mol. The van der Waals surface area contributed by atoms with Gasteiger partial charge in [-0.3, -0.25) is 0 Å². The van der Waals surface area contributed by atoms with Gasteiger partial charge in [0.2, 0.25) is 0 Å². The number of carbonyl (C=O) groups is 1. The molecule has 0 aliphatic rings. The normalized spacial score (nSPS) is 9.45. The Balaban J connectivity index is 0. The van der Waals surface area contributed by atoms with Crippen LogP contribution in [0.2, 0.25) is 0 Å². The molecule has 66 valence electrons. The van der Waals surface area contributed by atoms with Crippen LogP contribution in [0.25, 0.3) is 0 Å². The molecule has 0 aliphatic carbocycles. The number of rotatable bonds is 0. The van der Waals surface area contributed by atoms with Crippen LogP contribution >= 0.6 is 0 Å². The molecule has 0 spiro atoms. The molecule has 0 aromatic rings. The molecule has 0 bridgehead atoms. The maximum absolute atomic E-state index is 10.9. The Bertz CT molecular complexity index is 146. The largest absolute Gasteiger partial charge is 0.503 e. The Labute approximate surface area is 58.6 Å². The van der Waals surface area contributed by atoms with Crippen LogP contribution in [0.3, 0.4) is 0 Å². The third kappa shape index (κ3) is 17.7. The fourth-order valence-electron chi connectivity index (χ4n) is 0. The quantitative estimate of drug-likeness (QED) is 0.556. The topological polar surface area (TPSA) is 57.5 Å². The summed E-state index contributed by atoms with van der Waals surface area (Å²) in [6.07, 6.45) is -6.69. The van der Waals surface area contributed by atoms with Crippen molar-refractivity contribution in [3.05, 3.63) is 12.4 Å². The molecule has 3 nitrogen and oxygen atoms in total. The zero-order valence-electron chi connectivity index (χ0n) is 5.02. The summed E-state index contributed by atoms with van der Waals surface area (Å²) in [6.45, 7) is 2.03. The molecule has 0 saturated carbocycles. The van der Waals surface area contributed by atoms with Crippen molar-refractivity contribution in [2.45, 2.75) is 6.18 Å². The van der Waals surface area contributed by atoms with E-state index in [0.29, 0.717) is 0 Å². The van der Waals surface area contributed by atoms with E-state index in [0.717, 1.165) is 0 Å². The zero-order valence-corrected chi connectivity index (χ0v) is 5.02. The van der Waals surface area contributed by atoms with Crippen molar-refractivity contribution in [1.82, 2.24) is 0 Å². The van der Waals surface area contributed by atoms with Crippen molar-refractivity contribution >= 4 is 6.16 Å². The standard InChI is InChI=1S/C3H2F4.CH2O3/c1-2(4)3(5,6)7;2-1(3)4/h1H2;(H2,2,3,4). The van der Waals surface area contributed by atoms with Gasteiger partial charge in [0.15, 0.2) is 5.83 Å². The summed E-state index contributed by atoms with van der Waals surface area (Å²) in [4.78, 5) is 8.56. The van der Waals surface area contributed by atoms with Crippen molar-refractivity contribution in [1.29, 1.82) is 0 Å². The molecule has 0 rings (SSSR count). The first-order valence-corrected chi connectivity index (χ1v) is 2.01. The molecule has 0 aromatic carbocycles. The van der Waals surface area contributed by atoms with Gasteiger partial charge in [0, 0.05) is 0 Å². The van der Waals surface area contributed by atoms with Gasteiger partial charge >= 0.3 is 12.3 Å². The van der Waals surface area contributed by atoms with E-state index in [1.807, 2.05) is 6.58 Å². The third-order valence-corrected chi connectivity index (χ3v) is 0.308. The van der Waals surface area contributed by atoms with Gasteiger partial charge in [-0.15, -0.1) is 0 Å². The lowest BCUT2D eigenvalue weighted by Gasteiger charge is -1.97. The van der Waals surface area contributed by atoms with Crippen LogP contribution in [0.15, 0.2) is 12.4 Å². The molecule has 0 saturated heterocycles. The predicted octanol–water partition coefficient (Wildman–Crippen LogP) is 2.25. The highest BCUT2D eigenvalue weighted by molar-refractivity contribution is 5.53. The monoisotopic (exact) mass is 176 g/mol. The van der Waals surface area contributed by atoms with E-state index in [9.17, 15) is 17.6 Å². The molecule has 0 atom stereocenters. The van der Waals surface area contributed by atoms with Crippen molar-refractivity contribution in [3.8, 4) is 0 Å². The second-order valence-electron chi connectivity index (χ2n) is 1.19. The summed E-state index contributed by atoms with van der Waals surface area (Å²) in [7, 11) is 0. The van der Waals surface area contributed by atoms with Gasteiger partial charge in [-0.25, -0.2) is 9.18 Å². The maximum Gasteiger partial charge on any atom is 0.503 e. The summed E-state index contributed by atoms with van der Waals surface area (Å²) in [5.41, 5.74) is 0. The van der Waals surface area contributed by atoms with Gasteiger partial charge in [0.05, 0.1) is 0 Å². The van der Waals surface area contributed by atoms with Crippen LogP contribution in [0.4, 0.5) is 22.4 Å². The Morgan fingerprint density at radius 3 is 1.36 bits per heavy atom. The lowest BCUT2D eigenvalue weighted by molar-refractivity contribution is -0.108. The number of hydrogen-bond acceptors (Lipinski definition) is 1. The molecule has 7 heteroatoms. The molecule has 11 heavy (non-hydrogen) atoms. The van der Waals surface area contributed by atoms with E-state index >= 15 is 0 Å². The molecule has 0 radical (unpaired) electrons. The maximum atomic E-state index is 10.9. The molecule has 0 unspecified atom stereocenters. The summed E-state index contributed by atoms with van der Waals surface area (Å²) < 4.78 is 43.0. The minimum Gasteiger partial charge on any atom is -0.450 e. The number of halogens is 4. The average molecular weight is 176 g/mol. The summed E-state index contributed by atoms with van der Waals surface area (Å²) in [6, 6.07) is 0. The van der Waals surface area contributed by atoms with E-state index in [2.05, 4.69) is 0 Å². The Morgan fingerprint density at radius 1 is 1.27 bits per heavy atom. The van der Waals surface area contributed by atoms with Crippen molar-refractivity contribution in [2.24, 2.45) is 0 Å². The SMILES string of the molecule is C=C(F)C(F)(F)F.O=C(O)O. The second kappa shape index (κ2) is 4.53. The van der Waals surface area contributed by atoms with Gasteiger partial charge in [0.1, 0.15) is 0 Å². The molecular weight excluding hydrogens is 172 g/mol. The molecule has 0 aromatic heterocycles. The van der Waals surface area contributed by atoms with E-state index < -0.39 is 18.2 Å². The lowest BCUT2D eigenvalue weighted by Crippen LogP contribution is -2.05. The van der Waals surface area contributed by atoms with E-state index in [-0.39, 0.29) is 0 Å². The van der Waals surface area contributed by atoms with E-state index in [4.69, 9.17) is 15.0 Å². The summed E-state index contributed by atoms with van der Waals surface area (Å²) >= 11 is 0. The first-order valence-electron chi connectivity index (χ1n) is 2.01. The van der Waals surface area contributed by atoms with Crippen LogP contribution in [0, 0.1) is 0 Å². The fraction of sp³-hybridized carbons (Fsp3) is 0.250. The van der Waals surface area contributed by atoms with Crippen LogP contribution in [-0.2, 0) is 0 Å². The van der Waals surface area contributed by atoms with Gasteiger partial charge < -0.3 is 10.2 Å². The molecule has 0 fully saturated rings. The van der Waals surface area contributed by atoms with Gasteiger partial charge in [-0.2, -0.15) is 13.2 Å². The van der Waals surface area contributed by atoms with Crippen LogP contribution < -0.4 is 0 Å². The first kappa shape index (κ1) is 12.4. The fourth-order valence-corrected chi connectivity index (χ4v) is 0. The van der Waals surface area contributed by atoms with Gasteiger partial charge in [-0.1, -0.05) is 6.58 Å². The van der Waals surface area contributed by atoms with Crippen molar-refractivity contribution < 1.29 is 32.6 Å². The van der Waals surface area contributed by atoms with Crippen LogP contribution in [0.1, 0.15) is 0 Å². The Kier molecular flexibility index (Phi) is 5.11.